The first-order valence-electron chi connectivity index (χ1n) is 11.6. The lowest BCUT2D eigenvalue weighted by molar-refractivity contribution is -0.163. The summed E-state index contributed by atoms with van der Waals surface area (Å²) < 4.78 is 52.2. The standard InChI is InChI=1S/C23H26BF3N4O5/c1-30-20-18(21(33)31(22(30)34)8-4-10-36-16-5-2-3-9-35-16)17(14(24)12-29-20)19(32)13-6-7-15(28-11-13)23(25,26)27/h6-7,11-12,16,19,32H,2-5,8-10,24H2,1H3. The molecule has 4 rings (SSSR count). The van der Waals surface area contributed by atoms with Crippen LogP contribution in [0.5, 0.6) is 0 Å². The van der Waals surface area contributed by atoms with Gasteiger partial charge in [-0.25, -0.2) is 9.78 Å². The smallest absolute Gasteiger partial charge is 0.384 e. The zero-order valence-electron chi connectivity index (χ0n) is 19.9. The second-order valence-electron chi connectivity index (χ2n) is 8.75. The topological polar surface area (TPSA) is 108 Å². The minimum atomic E-state index is -4.62. The molecule has 4 heterocycles. The van der Waals surface area contributed by atoms with Crippen LogP contribution in [0, 0.1) is 0 Å². The molecule has 0 amide bonds. The Morgan fingerprint density at radius 2 is 2.03 bits per heavy atom. The van der Waals surface area contributed by atoms with Crippen LogP contribution in [0.4, 0.5) is 13.2 Å². The second kappa shape index (κ2) is 10.5. The Labute approximate surface area is 204 Å². The number of aryl methyl sites for hydroxylation is 1. The Hall–Kier alpha value is -3.03. The molecule has 0 spiro atoms. The van der Waals surface area contributed by atoms with Gasteiger partial charge in [-0.15, -0.1) is 0 Å². The first kappa shape index (κ1) is 26.0. The Morgan fingerprint density at radius 1 is 1.25 bits per heavy atom. The van der Waals surface area contributed by atoms with Gasteiger partial charge in [0.05, 0.1) is 12.0 Å². The molecule has 0 radical (unpaired) electrons. The van der Waals surface area contributed by atoms with Crippen LogP contribution in [0.15, 0.2) is 34.1 Å². The van der Waals surface area contributed by atoms with Crippen molar-refractivity contribution in [1.82, 2.24) is 19.1 Å². The quantitative estimate of drug-likeness (QED) is 0.373. The Bertz CT molecular complexity index is 1350. The Morgan fingerprint density at radius 3 is 2.67 bits per heavy atom. The molecule has 3 aromatic rings. The average Bonchev–Trinajstić information content (AvgIpc) is 2.86. The van der Waals surface area contributed by atoms with Crippen LogP contribution in [0.25, 0.3) is 11.0 Å². The highest BCUT2D eigenvalue weighted by Gasteiger charge is 2.32. The molecule has 0 bridgehead atoms. The predicted octanol–water partition coefficient (Wildman–Crippen LogP) is 0.782. The van der Waals surface area contributed by atoms with Gasteiger partial charge in [-0.3, -0.25) is 18.9 Å². The summed E-state index contributed by atoms with van der Waals surface area (Å²) in [7, 11) is 3.08. The number of halogens is 3. The molecule has 2 atom stereocenters. The summed E-state index contributed by atoms with van der Waals surface area (Å²) in [5.41, 5.74) is -1.59. The lowest BCUT2D eigenvalue weighted by atomic mass is 9.86. The molecule has 1 aliphatic heterocycles. The number of fused-ring (bicyclic) bond motifs is 1. The maximum absolute atomic E-state index is 13.5. The Balaban J connectivity index is 1.68. The molecule has 1 saturated heterocycles. The minimum Gasteiger partial charge on any atom is -0.384 e. The first-order valence-corrected chi connectivity index (χ1v) is 11.6. The maximum atomic E-state index is 13.5. The van der Waals surface area contributed by atoms with Crippen molar-refractivity contribution in [3.8, 4) is 0 Å². The number of aliphatic hydroxyl groups excluding tert-OH is 1. The van der Waals surface area contributed by atoms with Gasteiger partial charge in [0.1, 0.15) is 25.3 Å². The van der Waals surface area contributed by atoms with Crippen LogP contribution in [0.1, 0.15) is 48.6 Å². The molecule has 1 fully saturated rings. The second-order valence-corrected chi connectivity index (χ2v) is 8.75. The van der Waals surface area contributed by atoms with E-state index < -0.39 is 29.2 Å². The van der Waals surface area contributed by atoms with Crippen molar-refractivity contribution < 1.29 is 27.8 Å². The molecule has 13 heteroatoms. The van der Waals surface area contributed by atoms with Crippen LogP contribution in [0.2, 0.25) is 0 Å². The molecule has 3 aromatic heterocycles. The van der Waals surface area contributed by atoms with Crippen molar-refractivity contribution in [3.05, 3.63) is 62.2 Å². The highest BCUT2D eigenvalue weighted by molar-refractivity contribution is 6.34. The summed E-state index contributed by atoms with van der Waals surface area (Å²) in [5, 5.41) is 11.1. The van der Waals surface area contributed by atoms with Gasteiger partial charge in [0, 0.05) is 38.2 Å². The van der Waals surface area contributed by atoms with Crippen molar-refractivity contribution in [2.75, 3.05) is 13.2 Å². The van der Waals surface area contributed by atoms with E-state index in [0.717, 1.165) is 42.2 Å². The fourth-order valence-corrected chi connectivity index (χ4v) is 4.30. The minimum absolute atomic E-state index is 0.0148. The van der Waals surface area contributed by atoms with Crippen LogP contribution >= 0.6 is 0 Å². The van der Waals surface area contributed by atoms with Crippen LogP contribution < -0.4 is 16.7 Å². The summed E-state index contributed by atoms with van der Waals surface area (Å²) in [5.74, 6) is 0. The summed E-state index contributed by atoms with van der Waals surface area (Å²) in [6.07, 6.45) is -0.876. The monoisotopic (exact) mass is 506 g/mol. The van der Waals surface area contributed by atoms with E-state index >= 15 is 0 Å². The maximum Gasteiger partial charge on any atom is 0.433 e. The van der Waals surface area contributed by atoms with Gasteiger partial charge < -0.3 is 14.6 Å². The van der Waals surface area contributed by atoms with Gasteiger partial charge >= 0.3 is 11.9 Å². The third kappa shape index (κ3) is 5.23. The molecular formula is C23H26BF3N4O5. The molecule has 0 aliphatic carbocycles. The summed E-state index contributed by atoms with van der Waals surface area (Å²) in [4.78, 5) is 34.0. The van der Waals surface area contributed by atoms with Crippen LogP contribution in [-0.2, 0) is 29.2 Å². The molecule has 9 nitrogen and oxygen atoms in total. The number of alkyl halides is 3. The van der Waals surface area contributed by atoms with E-state index in [1.165, 1.54) is 17.8 Å². The predicted molar refractivity (Wildman–Crippen MR) is 127 cm³/mol. The largest absolute Gasteiger partial charge is 0.433 e. The van der Waals surface area contributed by atoms with E-state index in [-0.39, 0.29) is 41.6 Å². The summed E-state index contributed by atoms with van der Waals surface area (Å²) >= 11 is 0. The van der Waals surface area contributed by atoms with E-state index in [4.69, 9.17) is 9.47 Å². The van der Waals surface area contributed by atoms with Gasteiger partial charge in [-0.2, -0.15) is 13.2 Å². The van der Waals surface area contributed by atoms with Gasteiger partial charge in [0.2, 0.25) is 0 Å². The molecule has 1 aliphatic rings. The zero-order valence-corrected chi connectivity index (χ0v) is 19.9. The molecule has 1 N–H and O–H groups in total. The zero-order chi connectivity index (χ0) is 26.0. The van der Waals surface area contributed by atoms with Crippen molar-refractivity contribution >= 4 is 24.3 Å². The third-order valence-corrected chi connectivity index (χ3v) is 6.23. The fourth-order valence-electron chi connectivity index (χ4n) is 4.30. The third-order valence-electron chi connectivity index (χ3n) is 6.23. The summed E-state index contributed by atoms with van der Waals surface area (Å²) in [6.45, 7) is 0.998. The van der Waals surface area contributed by atoms with E-state index in [1.807, 2.05) is 0 Å². The van der Waals surface area contributed by atoms with E-state index in [9.17, 15) is 27.9 Å². The van der Waals surface area contributed by atoms with E-state index in [2.05, 4.69) is 9.97 Å². The number of hydrogen-bond donors (Lipinski definition) is 1. The molecule has 192 valence electrons. The normalized spacial score (nSPS) is 17.4. The average molecular weight is 506 g/mol. The number of hydrogen-bond acceptors (Lipinski definition) is 7. The van der Waals surface area contributed by atoms with Crippen molar-refractivity contribution in [1.29, 1.82) is 0 Å². The highest BCUT2D eigenvalue weighted by atomic mass is 19.4. The number of nitrogens with zero attached hydrogens (tertiary/aromatic N) is 4. The number of ether oxygens (including phenoxy) is 2. The molecule has 2 unspecified atom stereocenters. The molecule has 36 heavy (non-hydrogen) atoms. The lowest BCUT2D eigenvalue weighted by Crippen LogP contribution is -2.41. The molecule has 0 aromatic carbocycles. The van der Waals surface area contributed by atoms with Crippen LogP contribution in [0.3, 0.4) is 0 Å². The van der Waals surface area contributed by atoms with Crippen molar-refractivity contribution in [2.24, 2.45) is 7.05 Å². The van der Waals surface area contributed by atoms with Gasteiger partial charge in [-0.1, -0.05) is 11.5 Å². The SMILES string of the molecule is Bc1cnc2c(c1C(O)c1ccc(C(F)(F)F)nc1)c(=O)n(CCCOC1CCCCO1)c(=O)n2C. The first-order chi connectivity index (χ1) is 17.1. The molecule has 0 saturated carbocycles. The number of aromatic nitrogens is 4. The van der Waals surface area contributed by atoms with Crippen molar-refractivity contribution in [3.63, 3.8) is 0 Å². The van der Waals surface area contributed by atoms with Crippen molar-refractivity contribution in [2.45, 2.75) is 50.8 Å². The van der Waals surface area contributed by atoms with Gasteiger partial charge in [-0.05, 0) is 37.3 Å². The van der Waals surface area contributed by atoms with Gasteiger partial charge in [0.15, 0.2) is 6.29 Å². The fraction of sp³-hybridized carbons (Fsp3) is 0.478. The van der Waals surface area contributed by atoms with E-state index in [1.54, 1.807) is 7.85 Å². The Kier molecular flexibility index (Phi) is 7.62. The van der Waals surface area contributed by atoms with E-state index in [0.29, 0.717) is 18.5 Å². The lowest BCUT2D eigenvalue weighted by Gasteiger charge is -2.22. The number of aliphatic hydroxyl groups is 1. The number of pyridine rings is 2. The highest BCUT2D eigenvalue weighted by Crippen LogP contribution is 2.29. The van der Waals surface area contributed by atoms with Gasteiger partial charge in [0.25, 0.3) is 5.56 Å². The summed E-state index contributed by atoms with van der Waals surface area (Å²) in [6, 6.07) is 1.87. The van der Waals surface area contributed by atoms with Crippen LogP contribution in [-0.4, -0.2) is 51.6 Å². The molecular weight excluding hydrogens is 480 g/mol. The number of rotatable bonds is 7.